The van der Waals surface area contributed by atoms with Gasteiger partial charge in [0.05, 0.1) is 9.50 Å². The fourth-order valence-corrected chi connectivity index (χ4v) is 3.77. The number of rotatable bonds is 3. The number of hydrogen-bond acceptors (Lipinski definition) is 3. The second-order valence-electron chi connectivity index (χ2n) is 5.72. The maximum atomic E-state index is 10.5. The molecule has 1 aliphatic carbocycles. The molecule has 2 N–H and O–H groups in total. The summed E-state index contributed by atoms with van der Waals surface area (Å²) in [7, 11) is 0. The highest BCUT2D eigenvalue weighted by Gasteiger charge is 2.35. The van der Waals surface area contributed by atoms with Crippen molar-refractivity contribution in [2.24, 2.45) is 5.92 Å². The van der Waals surface area contributed by atoms with Gasteiger partial charge in [0.2, 0.25) is 0 Å². The molecule has 1 atom stereocenters. The van der Waals surface area contributed by atoms with Crippen molar-refractivity contribution in [3.05, 3.63) is 27.2 Å². The number of benzene rings is 1. The summed E-state index contributed by atoms with van der Waals surface area (Å²) in [6.07, 6.45) is 3.82. The highest BCUT2D eigenvalue weighted by Crippen LogP contribution is 2.46. The first-order chi connectivity index (χ1) is 9.68. The second kappa shape index (κ2) is 6.22. The predicted octanol–water partition coefficient (Wildman–Crippen LogP) is 3.55. The van der Waals surface area contributed by atoms with Crippen LogP contribution in [0.2, 0.25) is 5.02 Å². The zero-order chi connectivity index (χ0) is 14.1. The lowest BCUT2D eigenvalue weighted by Gasteiger charge is -2.43. The molecule has 2 aliphatic rings. The van der Waals surface area contributed by atoms with Crippen LogP contribution < -0.4 is 5.32 Å². The Morgan fingerprint density at radius 3 is 2.60 bits per heavy atom. The van der Waals surface area contributed by atoms with Crippen LogP contribution in [0.4, 0.5) is 0 Å². The van der Waals surface area contributed by atoms with Crippen LogP contribution in [-0.2, 0) is 0 Å². The Bertz CT molecular complexity index is 487. The topological polar surface area (TPSA) is 35.5 Å². The largest absolute Gasteiger partial charge is 0.506 e. The molecular formula is C15H20BrClN2O. The molecule has 3 nitrogen and oxygen atoms in total. The van der Waals surface area contributed by atoms with Crippen molar-refractivity contribution in [3.8, 4) is 5.75 Å². The van der Waals surface area contributed by atoms with Crippen LogP contribution in [0.3, 0.4) is 0 Å². The van der Waals surface area contributed by atoms with Crippen LogP contribution in [0.15, 0.2) is 16.6 Å². The number of nitrogens with zero attached hydrogens (tertiary/aromatic N) is 1. The first kappa shape index (κ1) is 14.6. The van der Waals surface area contributed by atoms with Crippen molar-refractivity contribution in [2.75, 3.05) is 26.2 Å². The maximum Gasteiger partial charge on any atom is 0.136 e. The monoisotopic (exact) mass is 358 g/mol. The number of hydrogen-bond donors (Lipinski definition) is 2. The van der Waals surface area contributed by atoms with Gasteiger partial charge in [0.1, 0.15) is 5.75 Å². The van der Waals surface area contributed by atoms with E-state index in [0.717, 1.165) is 31.7 Å². The Labute approximate surface area is 133 Å². The third-order valence-corrected chi connectivity index (χ3v) is 5.91. The van der Waals surface area contributed by atoms with Gasteiger partial charge in [0.25, 0.3) is 0 Å². The summed E-state index contributed by atoms with van der Waals surface area (Å²) in [5.41, 5.74) is 1.02. The molecule has 0 spiro atoms. The van der Waals surface area contributed by atoms with E-state index in [0.29, 0.717) is 27.2 Å². The Hall–Kier alpha value is -0.290. The van der Waals surface area contributed by atoms with Crippen LogP contribution in [0.25, 0.3) is 0 Å². The molecule has 1 aromatic carbocycles. The van der Waals surface area contributed by atoms with Gasteiger partial charge in [-0.3, -0.25) is 4.90 Å². The van der Waals surface area contributed by atoms with Gasteiger partial charge in [-0.15, -0.1) is 0 Å². The van der Waals surface area contributed by atoms with E-state index in [2.05, 4.69) is 26.1 Å². The molecule has 1 heterocycles. The van der Waals surface area contributed by atoms with E-state index in [4.69, 9.17) is 11.6 Å². The average molecular weight is 360 g/mol. The minimum absolute atomic E-state index is 0.313. The van der Waals surface area contributed by atoms with Gasteiger partial charge in [0.15, 0.2) is 0 Å². The molecule has 0 amide bonds. The molecule has 3 rings (SSSR count). The number of piperazine rings is 1. The Kier molecular flexibility index (Phi) is 4.55. The zero-order valence-electron chi connectivity index (χ0n) is 11.4. The van der Waals surface area contributed by atoms with E-state index in [-0.39, 0.29) is 0 Å². The normalized spacial score (nSPS) is 22.5. The lowest BCUT2D eigenvalue weighted by Crippen LogP contribution is -2.47. The van der Waals surface area contributed by atoms with Gasteiger partial charge in [-0.1, -0.05) is 24.1 Å². The third-order valence-electron chi connectivity index (χ3n) is 4.56. The highest BCUT2D eigenvalue weighted by atomic mass is 79.9. The Balaban J connectivity index is 1.94. The molecule has 2 fully saturated rings. The number of halogens is 2. The van der Waals surface area contributed by atoms with Crippen molar-refractivity contribution in [1.29, 1.82) is 0 Å². The smallest absolute Gasteiger partial charge is 0.136 e. The van der Waals surface area contributed by atoms with Gasteiger partial charge in [-0.05, 0) is 40.8 Å². The van der Waals surface area contributed by atoms with E-state index in [1.54, 1.807) is 0 Å². The summed E-state index contributed by atoms with van der Waals surface area (Å²) in [5, 5.41) is 14.4. The molecule has 0 bridgehead atoms. The fourth-order valence-electron chi connectivity index (χ4n) is 3.26. The summed E-state index contributed by atoms with van der Waals surface area (Å²) in [4.78, 5) is 2.51. The SMILES string of the molecule is Oc1c([C@@H](C2CCC2)N2CCNCC2)ccc(Cl)c1Br. The molecule has 0 unspecified atom stereocenters. The van der Waals surface area contributed by atoms with Crippen LogP contribution in [0.5, 0.6) is 5.75 Å². The van der Waals surface area contributed by atoms with Crippen LogP contribution >= 0.6 is 27.5 Å². The number of phenols is 1. The summed E-state index contributed by atoms with van der Waals surface area (Å²) >= 11 is 9.47. The number of phenolic OH excluding ortho intramolecular Hbond substituents is 1. The van der Waals surface area contributed by atoms with E-state index in [1.165, 1.54) is 19.3 Å². The summed E-state index contributed by atoms with van der Waals surface area (Å²) in [6.45, 7) is 4.14. The average Bonchev–Trinajstić information content (AvgIpc) is 2.42. The second-order valence-corrected chi connectivity index (χ2v) is 6.92. The van der Waals surface area contributed by atoms with Crippen molar-refractivity contribution < 1.29 is 5.11 Å². The minimum Gasteiger partial charge on any atom is -0.506 e. The standard InChI is InChI=1S/C15H20BrClN2O/c16-13-12(17)5-4-11(15(13)20)14(10-2-1-3-10)19-8-6-18-7-9-19/h4-5,10,14,18,20H,1-3,6-9H2/t14-/m1/s1. The van der Waals surface area contributed by atoms with Gasteiger partial charge in [0, 0.05) is 37.8 Å². The Morgan fingerprint density at radius 2 is 2.00 bits per heavy atom. The van der Waals surface area contributed by atoms with Gasteiger partial charge < -0.3 is 10.4 Å². The molecule has 110 valence electrons. The lowest BCUT2D eigenvalue weighted by molar-refractivity contribution is 0.0819. The van der Waals surface area contributed by atoms with Crippen molar-refractivity contribution in [2.45, 2.75) is 25.3 Å². The predicted molar refractivity (Wildman–Crippen MR) is 85.3 cm³/mol. The van der Waals surface area contributed by atoms with Gasteiger partial charge in [-0.2, -0.15) is 0 Å². The van der Waals surface area contributed by atoms with Gasteiger partial charge in [-0.25, -0.2) is 0 Å². The lowest BCUT2D eigenvalue weighted by atomic mass is 9.76. The fraction of sp³-hybridized carbons (Fsp3) is 0.600. The summed E-state index contributed by atoms with van der Waals surface area (Å²) in [6, 6.07) is 4.20. The molecule has 20 heavy (non-hydrogen) atoms. The van der Waals surface area contributed by atoms with E-state index in [9.17, 15) is 5.11 Å². The molecule has 1 aromatic rings. The number of nitrogens with one attached hydrogen (secondary N) is 1. The van der Waals surface area contributed by atoms with Crippen molar-refractivity contribution >= 4 is 27.5 Å². The van der Waals surface area contributed by atoms with Gasteiger partial charge >= 0.3 is 0 Å². The molecule has 0 radical (unpaired) electrons. The highest BCUT2D eigenvalue weighted by molar-refractivity contribution is 9.10. The van der Waals surface area contributed by atoms with E-state index in [1.807, 2.05) is 12.1 Å². The maximum absolute atomic E-state index is 10.5. The van der Waals surface area contributed by atoms with Crippen LogP contribution in [-0.4, -0.2) is 36.2 Å². The van der Waals surface area contributed by atoms with Crippen molar-refractivity contribution in [3.63, 3.8) is 0 Å². The minimum atomic E-state index is 0.313. The van der Waals surface area contributed by atoms with Crippen LogP contribution in [0, 0.1) is 5.92 Å². The molecule has 5 heteroatoms. The molecule has 1 aliphatic heterocycles. The zero-order valence-corrected chi connectivity index (χ0v) is 13.8. The molecule has 1 saturated heterocycles. The van der Waals surface area contributed by atoms with E-state index >= 15 is 0 Å². The summed E-state index contributed by atoms with van der Waals surface area (Å²) in [5.74, 6) is 0.972. The number of aromatic hydroxyl groups is 1. The summed E-state index contributed by atoms with van der Waals surface area (Å²) < 4.78 is 0.621. The molecular weight excluding hydrogens is 340 g/mol. The van der Waals surface area contributed by atoms with E-state index < -0.39 is 0 Å². The molecule has 0 aromatic heterocycles. The molecule has 1 saturated carbocycles. The van der Waals surface area contributed by atoms with Crippen molar-refractivity contribution in [1.82, 2.24) is 10.2 Å². The third kappa shape index (κ3) is 2.71. The first-order valence-electron chi connectivity index (χ1n) is 7.30. The Morgan fingerprint density at radius 1 is 1.30 bits per heavy atom. The first-order valence-corrected chi connectivity index (χ1v) is 8.47. The quantitative estimate of drug-likeness (QED) is 0.866. The van der Waals surface area contributed by atoms with Crippen LogP contribution in [0.1, 0.15) is 30.9 Å².